The number of carbonyl (C=O) groups excluding carboxylic acids is 2. The lowest BCUT2D eigenvalue weighted by Gasteiger charge is -2.34. The van der Waals surface area contributed by atoms with Crippen molar-refractivity contribution in [2.75, 3.05) is 32.8 Å². The summed E-state index contributed by atoms with van der Waals surface area (Å²) in [7, 11) is 0. The molecule has 1 atom stereocenters. The third-order valence-corrected chi connectivity index (χ3v) is 4.79. The summed E-state index contributed by atoms with van der Waals surface area (Å²) in [5.41, 5.74) is 0.576. The van der Waals surface area contributed by atoms with Crippen LogP contribution in [-0.4, -0.2) is 70.5 Å². The second-order valence-electron chi connectivity index (χ2n) is 7.11. The van der Waals surface area contributed by atoms with Gasteiger partial charge in [0.1, 0.15) is 6.61 Å². The van der Waals surface area contributed by atoms with Crippen molar-refractivity contribution in [3.63, 3.8) is 0 Å². The van der Waals surface area contributed by atoms with E-state index < -0.39 is 0 Å². The molecule has 1 spiro atoms. The fourth-order valence-corrected chi connectivity index (χ4v) is 3.45. The number of ether oxygens (including phenoxy) is 1. The van der Waals surface area contributed by atoms with Gasteiger partial charge in [-0.05, 0) is 33.3 Å². The van der Waals surface area contributed by atoms with E-state index in [-0.39, 0.29) is 35.7 Å². The maximum absolute atomic E-state index is 12.7. The van der Waals surface area contributed by atoms with Crippen LogP contribution in [0.5, 0.6) is 0 Å². The summed E-state index contributed by atoms with van der Waals surface area (Å²) in [5.74, 6) is 0.106. The number of carbonyl (C=O) groups is 2. The largest absolute Gasteiger partial charge is 0.371 e. The van der Waals surface area contributed by atoms with E-state index in [2.05, 4.69) is 9.97 Å². The molecule has 0 saturated carbocycles. The molecule has 3 rings (SSSR count). The van der Waals surface area contributed by atoms with Gasteiger partial charge in [-0.15, -0.1) is 0 Å². The van der Waals surface area contributed by atoms with Gasteiger partial charge in [-0.1, -0.05) is 0 Å². The molecule has 1 aromatic rings. The van der Waals surface area contributed by atoms with Gasteiger partial charge in [0.15, 0.2) is 0 Å². The first-order chi connectivity index (χ1) is 11.4. The van der Waals surface area contributed by atoms with Gasteiger partial charge in [0.25, 0.3) is 5.91 Å². The summed E-state index contributed by atoms with van der Waals surface area (Å²) in [6.45, 7) is 8.32. The molecule has 7 nitrogen and oxygen atoms in total. The van der Waals surface area contributed by atoms with Crippen molar-refractivity contribution >= 4 is 11.8 Å². The number of rotatable bonds is 2. The predicted octanol–water partition coefficient (Wildman–Crippen LogP) is 0.885. The Hall–Kier alpha value is -2.02. The molecule has 0 bridgehead atoms. The minimum Gasteiger partial charge on any atom is -0.371 e. The van der Waals surface area contributed by atoms with Crippen LogP contribution in [0.1, 0.15) is 36.6 Å². The molecule has 0 aliphatic carbocycles. The summed E-state index contributed by atoms with van der Waals surface area (Å²) in [6.07, 6.45) is 2.43. The summed E-state index contributed by atoms with van der Waals surface area (Å²) < 4.78 is 5.62. The van der Waals surface area contributed by atoms with Crippen molar-refractivity contribution in [1.82, 2.24) is 19.8 Å². The number of amides is 2. The van der Waals surface area contributed by atoms with Crippen LogP contribution in [-0.2, 0) is 9.53 Å². The number of nitrogens with zero attached hydrogens (tertiary/aromatic N) is 4. The van der Waals surface area contributed by atoms with Crippen LogP contribution in [0.3, 0.4) is 0 Å². The van der Waals surface area contributed by atoms with E-state index in [1.807, 2.05) is 25.7 Å². The van der Waals surface area contributed by atoms with Crippen LogP contribution in [0.25, 0.3) is 0 Å². The lowest BCUT2D eigenvalue weighted by molar-refractivity contribution is -0.135. The van der Waals surface area contributed by atoms with Crippen LogP contribution >= 0.6 is 0 Å². The highest BCUT2D eigenvalue weighted by molar-refractivity contribution is 5.90. The first-order valence-electron chi connectivity index (χ1n) is 8.36. The molecule has 0 aromatic carbocycles. The Balaban J connectivity index is 1.76. The third-order valence-electron chi connectivity index (χ3n) is 4.79. The highest BCUT2D eigenvalue weighted by Gasteiger charge is 2.45. The molecule has 7 heteroatoms. The highest BCUT2D eigenvalue weighted by Crippen LogP contribution is 2.34. The molecule has 2 saturated heterocycles. The maximum atomic E-state index is 12.7. The predicted molar refractivity (Wildman–Crippen MR) is 87.4 cm³/mol. The zero-order valence-corrected chi connectivity index (χ0v) is 14.5. The molecule has 2 aliphatic heterocycles. The van der Waals surface area contributed by atoms with Gasteiger partial charge in [0.05, 0.1) is 6.61 Å². The molecule has 1 unspecified atom stereocenters. The van der Waals surface area contributed by atoms with Gasteiger partial charge in [-0.3, -0.25) is 9.59 Å². The Morgan fingerprint density at radius 2 is 2.17 bits per heavy atom. The van der Waals surface area contributed by atoms with Gasteiger partial charge in [0.2, 0.25) is 11.7 Å². The Bertz CT molecular complexity index is 648. The minimum absolute atomic E-state index is 0.0219. The number of hydrogen-bond donors (Lipinski definition) is 0. The SMILES string of the molecule is Cc1ccnc(C(=O)N2CCC3(COCC(=O)N(C(C)C)C3)C2)n1. The fraction of sp³-hybridized carbons (Fsp3) is 0.647. The number of hydrogen-bond acceptors (Lipinski definition) is 5. The second kappa shape index (κ2) is 6.47. The molecule has 24 heavy (non-hydrogen) atoms. The van der Waals surface area contributed by atoms with Crippen LogP contribution < -0.4 is 0 Å². The van der Waals surface area contributed by atoms with Crippen molar-refractivity contribution in [2.45, 2.75) is 33.2 Å². The van der Waals surface area contributed by atoms with E-state index in [9.17, 15) is 9.59 Å². The summed E-state index contributed by atoms with van der Waals surface area (Å²) in [4.78, 5) is 36.8. The van der Waals surface area contributed by atoms with E-state index in [1.165, 1.54) is 0 Å². The van der Waals surface area contributed by atoms with Gasteiger partial charge in [-0.2, -0.15) is 0 Å². The standard InChI is InChI=1S/C17H24N4O3/c1-12(2)21-10-17(11-24-8-14(21)22)5-7-20(9-17)16(23)15-18-6-4-13(3)19-15/h4,6,12H,5,7-11H2,1-3H3. The van der Waals surface area contributed by atoms with Crippen LogP contribution in [0.2, 0.25) is 0 Å². The van der Waals surface area contributed by atoms with Gasteiger partial charge in [-0.25, -0.2) is 9.97 Å². The lowest BCUT2D eigenvalue weighted by Crippen LogP contribution is -2.46. The summed E-state index contributed by atoms with van der Waals surface area (Å²) in [5, 5.41) is 0. The van der Waals surface area contributed by atoms with E-state index >= 15 is 0 Å². The Morgan fingerprint density at radius 1 is 1.38 bits per heavy atom. The summed E-state index contributed by atoms with van der Waals surface area (Å²) >= 11 is 0. The number of likely N-dealkylation sites (tertiary alicyclic amines) is 1. The number of aryl methyl sites for hydroxylation is 1. The molecule has 2 amide bonds. The van der Waals surface area contributed by atoms with E-state index in [1.54, 1.807) is 17.2 Å². The maximum Gasteiger partial charge on any atom is 0.291 e. The molecule has 2 fully saturated rings. The quantitative estimate of drug-likeness (QED) is 0.804. The first-order valence-corrected chi connectivity index (χ1v) is 8.36. The normalized spacial score (nSPS) is 24.8. The zero-order valence-electron chi connectivity index (χ0n) is 14.5. The molecule has 0 N–H and O–H groups in total. The highest BCUT2D eigenvalue weighted by atomic mass is 16.5. The van der Waals surface area contributed by atoms with Gasteiger partial charge < -0.3 is 14.5 Å². The summed E-state index contributed by atoms with van der Waals surface area (Å²) in [6, 6.07) is 1.90. The lowest BCUT2D eigenvalue weighted by atomic mass is 9.87. The van der Waals surface area contributed by atoms with E-state index in [4.69, 9.17) is 4.74 Å². The molecule has 0 radical (unpaired) electrons. The van der Waals surface area contributed by atoms with Crippen molar-refractivity contribution in [3.05, 3.63) is 23.8 Å². The van der Waals surface area contributed by atoms with Crippen molar-refractivity contribution in [1.29, 1.82) is 0 Å². The van der Waals surface area contributed by atoms with Crippen molar-refractivity contribution in [3.8, 4) is 0 Å². The second-order valence-corrected chi connectivity index (χ2v) is 7.11. The smallest absolute Gasteiger partial charge is 0.291 e. The number of aromatic nitrogens is 2. The van der Waals surface area contributed by atoms with Gasteiger partial charge >= 0.3 is 0 Å². The topological polar surface area (TPSA) is 75.6 Å². The molecular weight excluding hydrogens is 308 g/mol. The monoisotopic (exact) mass is 332 g/mol. The Kier molecular flexibility index (Phi) is 4.54. The molecule has 3 heterocycles. The van der Waals surface area contributed by atoms with Crippen LogP contribution in [0.15, 0.2) is 12.3 Å². The van der Waals surface area contributed by atoms with Crippen molar-refractivity contribution < 1.29 is 14.3 Å². The van der Waals surface area contributed by atoms with Crippen molar-refractivity contribution in [2.24, 2.45) is 5.41 Å². The van der Waals surface area contributed by atoms with E-state index in [0.717, 1.165) is 12.1 Å². The average molecular weight is 332 g/mol. The third kappa shape index (κ3) is 3.26. The molecule has 2 aliphatic rings. The molecule has 130 valence electrons. The van der Waals surface area contributed by atoms with Crippen LogP contribution in [0.4, 0.5) is 0 Å². The fourth-order valence-electron chi connectivity index (χ4n) is 3.45. The Morgan fingerprint density at radius 3 is 2.88 bits per heavy atom. The molecule has 1 aromatic heterocycles. The van der Waals surface area contributed by atoms with E-state index in [0.29, 0.717) is 26.2 Å². The first kappa shape index (κ1) is 16.8. The molecular formula is C17H24N4O3. The average Bonchev–Trinajstić information content (AvgIpc) is 2.88. The zero-order chi connectivity index (χ0) is 17.3. The minimum atomic E-state index is -0.198. The Labute approximate surface area is 142 Å². The van der Waals surface area contributed by atoms with Crippen LogP contribution in [0, 0.1) is 12.3 Å². The van der Waals surface area contributed by atoms with Gasteiger partial charge in [0, 0.05) is 43.0 Å².